The highest BCUT2D eigenvalue weighted by Gasteiger charge is 2.30. The molecule has 0 fully saturated rings. The van der Waals surface area contributed by atoms with Crippen LogP contribution in [0.25, 0.3) is 0 Å². The third-order valence-electron chi connectivity index (χ3n) is 2.76. The molecule has 2 rings (SSSR count). The van der Waals surface area contributed by atoms with Crippen molar-refractivity contribution in [2.45, 2.75) is 26.1 Å². The third kappa shape index (κ3) is 3.22. The summed E-state index contributed by atoms with van der Waals surface area (Å²) in [6.07, 6.45) is -4.38. The number of alkyl halides is 3. The molecule has 1 aromatic heterocycles. The maximum Gasteiger partial charge on any atom is 0.416 e. The lowest BCUT2D eigenvalue weighted by Crippen LogP contribution is -2.10. The van der Waals surface area contributed by atoms with Gasteiger partial charge in [-0.1, -0.05) is 0 Å². The second-order valence-corrected chi connectivity index (χ2v) is 5.38. The lowest BCUT2D eigenvalue weighted by atomic mass is 10.1. The number of benzene rings is 1. The van der Waals surface area contributed by atoms with E-state index in [0.717, 1.165) is 22.8 Å². The fourth-order valence-electron chi connectivity index (χ4n) is 1.74. The first-order valence-corrected chi connectivity index (χ1v) is 6.80. The summed E-state index contributed by atoms with van der Waals surface area (Å²) < 4.78 is 37.6. The van der Waals surface area contributed by atoms with Gasteiger partial charge in [0.15, 0.2) is 0 Å². The molecule has 2 aromatic rings. The molecule has 0 saturated carbocycles. The van der Waals surface area contributed by atoms with Crippen molar-refractivity contribution >= 4 is 22.7 Å². The number of nitrogen functional groups attached to an aromatic ring is 1. The molecule has 7 heteroatoms. The highest BCUT2D eigenvalue weighted by molar-refractivity contribution is 7.09. The van der Waals surface area contributed by atoms with Crippen molar-refractivity contribution in [2.24, 2.45) is 0 Å². The average Bonchev–Trinajstić information content (AvgIpc) is 2.77. The molecule has 0 saturated heterocycles. The van der Waals surface area contributed by atoms with Crippen molar-refractivity contribution in [1.82, 2.24) is 4.98 Å². The molecular formula is C13H14F3N3S. The molecule has 0 aliphatic heterocycles. The van der Waals surface area contributed by atoms with E-state index in [-0.39, 0.29) is 11.7 Å². The Morgan fingerprint density at radius 2 is 2.05 bits per heavy atom. The molecule has 3 nitrogen and oxygen atoms in total. The molecule has 0 spiro atoms. The predicted octanol–water partition coefficient (Wildman–Crippen LogP) is 4.23. The van der Waals surface area contributed by atoms with Crippen LogP contribution in [0.3, 0.4) is 0 Å². The van der Waals surface area contributed by atoms with Crippen molar-refractivity contribution < 1.29 is 13.2 Å². The number of hydrogen-bond acceptors (Lipinski definition) is 4. The van der Waals surface area contributed by atoms with Crippen LogP contribution >= 0.6 is 11.3 Å². The summed E-state index contributed by atoms with van der Waals surface area (Å²) in [6, 6.07) is 3.17. The van der Waals surface area contributed by atoms with Crippen LogP contribution in [-0.4, -0.2) is 4.98 Å². The van der Waals surface area contributed by atoms with Crippen molar-refractivity contribution in [2.75, 3.05) is 11.1 Å². The topological polar surface area (TPSA) is 50.9 Å². The predicted molar refractivity (Wildman–Crippen MR) is 74.7 cm³/mol. The minimum absolute atomic E-state index is 0.0694. The number of hydrogen-bond donors (Lipinski definition) is 2. The fourth-order valence-corrected chi connectivity index (χ4v) is 2.54. The Bertz CT molecular complexity index is 607. The van der Waals surface area contributed by atoms with Crippen LogP contribution in [0.15, 0.2) is 23.6 Å². The first kappa shape index (κ1) is 14.6. The zero-order valence-corrected chi connectivity index (χ0v) is 11.8. The monoisotopic (exact) mass is 301 g/mol. The minimum Gasteiger partial charge on any atom is -0.397 e. The number of aromatic nitrogens is 1. The molecule has 0 radical (unpaired) electrons. The van der Waals surface area contributed by atoms with E-state index in [1.54, 1.807) is 0 Å². The first-order chi connectivity index (χ1) is 9.27. The summed E-state index contributed by atoms with van der Waals surface area (Å²) in [6.45, 7) is 3.77. The number of thiazole rings is 1. The molecular weight excluding hydrogens is 287 g/mol. The number of nitrogens with one attached hydrogen (secondary N) is 1. The Hall–Kier alpha value is -1.76. The van der Waals surface area contributed by atoms with E-state index in [2.05, 4.69) is 10.3 Å². The molecule has 0 amide bonds. The number of halogens is 3. The van der Waals surface area contributed by atoms with E-state index in [9.17, 15) is 13.2 Å². The number of nitrogens with two attached hydrogens (primary N) is 1. The Morgan fingerprint density at radius 1 is 1.35 bits per heavy atom. The van der Waals surface area contributed by atoms with Crippen molar-refractivity contribution in [3.8, 4) is 0 Å². The maximum absolute atomic E-state index is 12.5. The van der Waals surface area contributed by atoms with E-state index in [1.165, 1.54) is 17.4 Å². The zero-order valence-electron chi connectivity index (χ0n) is 11.0. The second kappa shape index (κ2) is 5.32. The minimum atomic E-state index is -4.38. The van der Waals surface area contributed by atoms with Crippen molar-refractivity contribution in [1.29, 1.82) is 0 Å². The maximum atomic E-state index is 12.5. The van der Waals surface area contributed by atoms with E-state index in [0.29, 0.717) is 5.69 Å². The summed E-state index contributed by atoms with van der Waals surface area (Å²) in [5, 5.41) is 5.86. The fraction of sp³-hybridized carbons (Fsp3) is 0.308. The number of nitrogens with zero attached hydrogens (tertiary/aromatic N) is 1. The molecule has 0 aliphatic carbocycles. The molecule has 1 heterocycles. The Morgan fingerprint density at radius 3 is 2.55 bits per heavy atom. The van der Waals surface area contributed by atoms with Gasteiger partial charge in [-0.2, -0.15) is 13.2 Å². The summed E-state index contributed by atoms with van der Waals surface area (Å²) in [4.78, 5) is 4.33. The zero-order chi connectivity index (χ0) is 14.9. The standard InChI is InChI=1S/C13H14F3N3S/c1-7-6-20-12(18-7)8(2)19-11-4-3-9(5-10(11)17)13(14,15)16/h3-6,8,19H,17H2,1-2H3. The summed E-state index contributed by atoms with van der Waals surface area (Å²) >= 11 is 1.50. The van der Waals surface area contributed by atoms with Gasteiger partial charge in [0.2, 0.25) is 0 Å². The van der Waals surface area contributed by atoms with Gasteiger partial charge in [-0.05, 0) is 32.0 Å². The third-order valence-corrected chi connectivity index (χ3v) is 3.90. The van der Waals surface area contributed by atoms with E-state index in [4.69, 9.17) is 5.73 Å². The van der Waals surface area contributed by atoms with Gasteiger partial charge in [-0.25, -0.2) is 4.98 Å². The second-order valence-electron chi connectivity index (χ2n) is 4.49. The molecule has 1 aromatic carbocycles. The van der Waals surface area contributed by atoms with E-state index >= 15 is 0 Å². The van der Waals surface area contributed by atoms with Crippen LogP contribution in [0.2, 0.25) is 0 Å². The average molecular weight is 301 g/mol. The molecule has 0 bridgehead atoms. The van der Waals surface area contributed by atoms with E-state index < -0.39 is 11.7 Å². The van der Waals surface area contributed by atoms with Crippen LogP contribution in [0, 0.1) is 6.92 Å². The van der Waals surface area contributed by atoms with Crippen LogP contribution in [0.1, 0.15) is 29.2 Å². The van der Waals surface area contributed by atoms with Gasteiger partial charge in [-0.15, -0.1) is 11.3 Å². The van der Waals surface area contributed by atoms with Crippen LogP contribution in [0.5, 0.6) is 0 Å². The molecule has 20 heavy (non-hydrogen) atoms. The summed E-state index contributed by atoms with van der Waals surface area (Å²) in [7, 11) is 0. The van der Waals surface area contributed by atoms with Gasteiger partial charge < -0.3 is 11.1 Å². The summed E-state index contributed by atoms with van der Waals surface area (Å²) in [5.41, 5.74) is 6.37. The smallest absolute Gasteiger partial charge is 0.397 e. The molecule has 1 unspecified atom stereocenters. The highest BCUT2D eigenvalue weighted by Crippen LogP contribution is 2.34. The Balaban J connectivity index is 2.18. The lowest BCUT2D eigenvalue weighted by molar-refractivity contribution is -0.137. The van der Waals surface area contributed by atoms with Crippen LogP contribution in [-0.2, 0) is 6.18 Å². The van der Waals surface area contributed by atoms with Gasteiger partial charge in [-0.3, -0.25) is 0 Å². The molecule has 108 valence electrons. The van der Waals surface area contributed by atoms with Gasteiger partial charge in [0, 0.05) is 11.1 Å². The SMILES string of the molecule is Cc1csc(C(C)Nc2ccc(C(F)(F)F)cc2N)n1. The number of rotatable bonds is 3. The Labute approximate surface area is 118 Å². The largest absolute Gasteiger partial charge is 0.416 e. The van der Waals surface area contributed by atoms with Crippen molar-refractivity contribution in [3.63, 3.8) is 0 Å². The molecule has 1 atom stereocenters. The van der Waals surface area contributed by atoms with Crippen LogP contribution < -0.4 is 11.1 Å². The lowest BCUT2D eigenvalue weighted by Gasteiger charge is -2.16. The van der Waals surface area contributed by atoms with Gasteiger partial charge in [0.05, 0.1) is 23.0 Å². The first-order valence-electron chi connectivity index (χ1n) is 5.92. The number of anilines is 2. The Kier molecular flexibility index (Phi) is 3.89. The number of aryl methyl sites for hydroxylation is 1. The summed E-state index contributed by atoms with van der Waals surface area (Å²) in [5.74, 6) is 0. The van der Waals surface area contributed by atoms with Gasteiger partial charge >= 0.3 is 6.18 Å². The van der Waals surface area contributed by atoms with Gasteiger partial charge in [0.1, 0.15) is 5.01 Å². The normalized spacial score (nSPS) is 13.2. The quantitative estimate of drug-likeness (QED) is 0.834. The van der Waals surface area contributed by atoms with E-state index in [1.807, 2.05) is 19.2 Å². The highest BCUT2D eigenvalue weighted by atomic mass is 32.1. The van der Waals surface area contributed by atoms with Crippen molar-refractivity contribution in [3.05, 3.63) is 39.8 Å². The molecule has 3 N–H and O–H groups in total. The van der Waals surface area contributed by atoms with Crippen LogP contribution in [0.4, 0.5) is 24.5 Å². The van der Waals surface area contributed by atoms with Gasteiger partial charge in [0.25, 0.3) is 0 Å². The molecule has 0 aliphatic rings.